The van der Waals surface area contributed by atoms with Gasteiger partial charge in [0.2, 0.25) is 0 Å². The van der Waals surface area contributed by atoms with Crippen LogP contribution < -0.4 is 10.2 Å². The summed E-state index contributed by atoms with van der Waals surface area (Å²) in [5, 5.41) is 11.9. The number of pyridine rings is 1. The molecule has 2 aliphatic carbocycles. The van der Waals surface area contributed by atoms with Gasteiger partial charge in [-0.15, -0.1) is 0 Å². The van der Waals surface area contributed by atoms with E-state index in [9.17, 15) is 4.79 Å². The van der Waals surface area contributed by atoms with Crippen molar-refractivity contribution in [2.24, 2.45) is 5.92 Å². The number of H-pyrrole nitrogens is 1. The van der Waals surface area contributed by atoms with Gasteiger partial charge in [-0.2, -0.15) is 5.10 Å². The summed E-state index contributed by atoms with van der Waals surface area (Å²) in [5.41, 5.74) is 5.81. The van der Waals surface area contributed by atoms with E-state index in [0.29, 0.717) is 23.6 Å². The molecule has 4 atom stereocenters. The van der Waals surface area contributed by atoms with Gasteiger partial charge in [0.15, 0.2) is 0 Å². The van der Waals surface area contributed by atoms with E-state index in [1.807, 2.05) is 36.4 Å². The van der Waals surface area contributed by atoms with Crippen LogP contribution in [0.4, 0.5) is 5.69 Å². The van der Waals surface area contributed by atoms with Gasteiger partial charge in [0.05, 0.1) is 41.6 Å². The first kappa shape index (κ1) is 20.5. The highest BCUT2D eigenvalue weighted by molar-refractivity contribution is 6.01. The van der Waals surface area contributed by atoms with Crippen molar-refractivity contribution in [3.05, 3.63) is 78.1 Å². The summed E-state index contributed by atoms with van der Waals surface area (Å²) in [4.78, 5) is 20.3. The number of anilines is 1. The molecule has 4 fully saturated rings. The molecule has 1 spiro atoms. The van der Waals surface area contributed by atoms with E-state index in [-0.39, 0.29) is 17.6 Å². The highest BCUT2D eigenvalue weighted by atomic mass is 16.5. The molecule has 2 aromatic carbocycles. The zero-order valence-electron chi connectivity index (χ0n) is 19.9. The fourth-order valence-corrected chi connectivity index (χ4v) is 6.49. The molecule has 7 heteroatoms. The lowest BCUT2D eigenvalue weighted by Gasteiger charge is -2.76. The number of piperidine rings is 1. The van der Waals surface area contributed by atoms with E-state index in [1.54, 1.807) is 6.20 Å². The minimum atomic E-state index is -0.0774. The number of benzene rings is 2. The molecule has 2 saturated heterocycles. The Kier molecular flexibility index (Phi) is 4.21. The van der Waals surface area contributed by atoms with Crippen molar-refractivity contribution in [3.63, 3.8) is 0 Å². The Morgan fingerprint density at radius 2 is 1.97 bits per heavy atom. The van der Waals surface area contributed by atoms with E-state index in [0.717, 1.165) is 47.3 Å². The van der Waals surface area contributed by atoms with E-state index in [2.05, 4.69) is 49.7 Å². The van der Waals surface area contributed by atoms with E-state index >= 15 is 0 Å². The lowest BCUT2D eigenvalue weighted by molar-refractivity contribution is -0.276. The molecule has 2 aromatic heterocycles. The molecule has 4 heterocycles. The number of hydrogen-bond donors (Lipinski definition) is 2. The minimum Gasteiger partial charge on any atom is -0.368 e. The average Bonchev–Trinajstić information content (AvgIpc) is 3.64. The van der Waals surface area contributed by atoms with Crippen molar-refractivity contribution in [1.29, 1.82) is 0 Å². The maximum absolute atomic E-state index is 13.3. The van der Waals surface area contributed by atoms with Gasteiger partial charge in [0, 0.05) is 28.4 Å². The van der Waals surface area contributed by atoms with Crippen LogP contribution in [-0.2, 0) is 4.74 Å². The topological polar surface area (TPSA) is 83.1 Å². The smallest absolute Gasteiger partial charge is 0.251 e. The monoisotopic (exact) mass is 477 g/mol. The van der Waals surface area contributed by atoms with Gasteiger partial charge in [-0.05, 0) is 74.1 Å². The molecule has 8 rings (SSSR count). The van der Waals surface area contributed by atoms with Gasteiger partial charge >= 0.3 is 0 Å². The predicted octanol–water partition coefficient (Wildman–Crippen LogP) is 4.63. The van der Waals surface area contributed by atoms with Crippen LogP contribution in [0.2, 0.25) is 0 Å². The van der Waals surface area contributed by atoms with Gasteiger partial charge in [-0.1, -0.05) is 18.2 Å². The van der Waals surface area contributed by atoms with E-state index in [1.165, 1.54) is 18.5 Å². The summed E-state index contributed by atoms with van der Waals surface area (Å²) >= 11 is 0. The third-order valence-corrected chi connectivity index (χ3v) is 8.77. The molecular formula is C29H27N5O2. The van der Waals surface area contributed by atoms with Crippen molar-refractivity contribution in [3.8, 4) is 11.3 Å². The Balaban J connectivity index is 1.06. The van der Waals surface area contributed by atoms with Gasteiger partial charge in [0.25, 0.3) is 5.91 Å². The van der Waals surface area contributed by atoms with Crippen LogP contribution in [0.25, 0.3) is 22.2 Å². The molecule has 7 nitrogen and oxygen atoms in total. The Labute approximate surface area is 208 Å². The molecule has 1 amide bonds. The van der Waals surface area contributed by atoms with Crippen molar-refractivity contribution in [1.82, 2.24) is 20.5 Å². The zero-order chi connectivity index (χ0) is 23.9. The molecule has 0 radical (unpaired) electrons. The normalized spacial score (nSPS) is 26.7. The highest BCUT2D eigenvalue weighted by Crippen LogP contribution is 2.60. The summed E-state index contributed by atoms with van der Waals surface area (Å²) in [6.07, 6.45) is 6.45. The SMILES string of the molecule is O=C(NC(c1ccccn1)C1CC1)c1ccc2[nH]nc(-c3ccc(N4C5CCC56OCC46)cc3)c2c1. The van der Waals surface area contributed by atoms with Crippen LogP contribution in [0.3, 0.4) is 0 Å². The summed E-state index contributed by atoms with van der Waals surface area (Å²) < 4.78 is 5.90. The fourth-order valence-electron chi connectivity index (χ4n) is 6.49. The molecule has 4 aliphatic rings. The summed E-state index contributed by atoms with van der Waals surface area (Å²) in [6.45, 7) is 0.842. The first-order valence-electron chi connectivity index (χ1n) is 12.9. The first-order valence-corrected chi connectivity index (χ1v) is 12.9. The lowest BCUT2D eigenvalue weighted by Crippen LogP contribution is -2.90. The number of ether oxygens (including phenoxy) is 1. The standard InChI is InChI=1S/C29H27N5O2/c35-28(31-27(18-4-5-18)23-3-1-2-14-30-23)19-8-11-22-21(15-19)26(33-32-22)17-6-9-20(10-7-17)34-24-12-13-29(24)25(34)16-36-29/h1-3,6-11,14-15,18,24-25,27H,4-5,12-13,16H2,(H,31,35)(H,32,33). The molecule has 2 saturated carbocycles. The maximum atomic E-state index is 13.3. The molecule has 0 bridgehead atoms. The van der Waals surface area contributed by atoms with Gasteiger partial charge < -0.3 is 15.0 Å². The average molecular weight is 478 g/mol. The fraction of sp³-hybridized carbons (Fsp3) is 0.345. The van der Waals surface area contributed by atoms with Crippen molar-refractivity contribution >= 4 is 22.5 Å². The number of rotatable bonds is 6. The predicted molar refractivity (Wildman–Crippen MR) is 137 cm³/mol. The third kappa shape index (κ3) is 2.86. The number of nitrogens with one attached hydrogen (secondary N) is 2. The lowest BCUT2D eigenvalue weighted by atomic mass is 9.57. The molecule has 36 heavy (non-hydrogen) atoms. The molecule has 4 aromatic rings. The maximum Gasteiger partial charge on any atom is 0.251 e. The molecule has 2 aliphatic heterocycles. The Morgan fingerprint density at radius 1 is 1.08 bits per heavy atom. The second-order valence-corrected chi connectivity index (χ2v) is 10.7. The van der Waals surface area contributed by atoms with Gasteiger partial charge in [-0.3, -0.25) is 14.9 Å². The highest BCUT2D eigenvalue weighted by Gasteiger charge is 2.72. The van der Waals surface area contributed by atoms with Crippen LogP contribution in [0, 0.1) is 5.92 Å². The third-order valence-electron chi connectivity index (χ3n) is 8.77. The number of carbonyl (C=O) groups excluding carboxylic acids is 1. The molecular weight excluding hydrogens is 450 g/mol. The van der Waals surface area contributed by atoms with Crippen LogP contribution in [0.15, 0.2) is 66.9 Å². The van der Waals surface area contributed by atoms with Crippen molar-refractivity contribution in [2.75, 3.05) is 11.5 Å². The molecule has 180 valence electrons. The van der Waals surface area contributed by atoms with Crippen molar-refractivity contribution in [2.45, 2.75) is 49.4 Å². The molecule has 2 N–H and O–H groups in total. The summed E-state index contributed by atoms with van der Waals surface area (Å²) in [5.74, 6) is 0.380. The second-order valence-electron chi connectivity index (χ2n) is 10.7. The number of morpholine rings is 1. The largest absolute Gasteiger partial charge is 0.368 e. The Morgan fingerprint density at radius 3 is 2.64 bits per heavy atom. The minimum absolute atomic E-state index is 0.0530. The van der Waals surface area contributed by atoms with Crippen LogP contribution in [-0.4, -0.2) is 45.4 Å². The zero-order valence-corrected chi connectivity index (χ0v) is 19.9. The number of carbonyl (C=O) groups is 1. The Bertz CT molecular complexity index is 1460. The number of nitrogens with zero attached hydrogens (tertiary/aromatic N) is 3. The van der Waals surface area contributed by atoms with Crippen LogP contribution in [0.1, 0.15) is 47.8 Å². The number of amides is 1. The second kappa shape index (κ2) is 7.40. The number of fused-ring (bicyclic) bond motifs is 1. The summed E-state index contributed by atoms with van der Waals surface area (Å²) in [6, 6.07) is 21.3. The summed E-state index contributed by atoms with van der Waals surface area (Å²) in [7, 11) is 0. The van der Waals surface area contributed by atoms with Gasteiger partial charge in [-0.25, -0.2) is 0 Å². The number of aromatic amines is 1. The van der Waals surface area contributed by atoms with Crippen LogP contribution >= 0.6 is 0 Å². The quantitative estimate of drug-likeness (QED) is 0.423. The Hall–Kier alpha value is -3.71. The van der Waals surface area contributed by atoms with Gasteiger partial charge in [0.1, 0.15) is 5.60 Å². The molecule has 4 unspecified atom stereocenters. The van der Waals surface area contributed by atoms with Crippen molar-refractivity contribution < 1.29 is 9.53 Å². The number of hydrogen-bond acceptors (Lipinski definition) is 5. The van der Waals surface area contributed by atoms with E-state index in [4.69, 9.17) is 4.74 Å². The van der Waals surface area contributed by atoms with E-state index < -0.39 is 0 Å². The number of aromatic nitrogens is 3. The van der Waals surface area contributed by atoms with Crippen LogP contribution in [0.5, 0.6) is 0 Å². The first-order chi connectivity index (χ1) is 17.7.